The average molecular weight is 647 g/mol. The van der Waals surface area contributed by atoms with Crippen LogP contribution in [0.4, 0.5) is 22.7 Å². The fourth-order valence-electron chi connectivity index (χ4n) is 6.08. The maximum Gasteiger partial charge on any atom is 0.262 e. The van der Waals surface area contributed by atoms with Gasteiger partial charge in [-0.15, -0.1) is 0 Å². The van der Waals surface area contributed by atoms with E-state index in [9.17, 15) is 26.4 Å². The van der Waals surface area contributed by atoms with Crippen molar-refractivity contribution < 1.29 is 26.4 Å². The van der Waals surface area contributed by atoms with Gasteiger partial charge in [-0.1, -0.05) is 48.5 Å². The molecule has 0 fully saturated rings. The lowest BCUT2D eigenvalue weighted by atomic mass is 10.1. The van der Waals surface area contributed by atoms with E-state index in [1.165, 1.54) is 12.1 Å². The number of sulfonamides is 2. The fourth-order valence-corrected chi connectivity index (χ4v) is 8.60. The van der Waals surface area contributed by atoms with Gasteiger partial charge in [0.15, 0.2) is 0 Å². The van der Waals surface area contributed by atoms with Gasteiger partial charge in [0, 0.05) is 55.4 Å². The van der Waals surface area contributed by atoms with Crippen LogP contribution in [0.25, 0.3) is 32.7 Å². The third kappa shape index (κ3) is 4.37. The van der Waals surface area contributed by atoms with Crippen LogP contribution in [0.2, 0.25) is 0 Å². The third-order valence-corrected chi connectivity index (χ3v) is 11.1. The molecule has 0 bridgehead atoms. The Morgan fingerprint density at radius 3 is 1.24 bits per heavy atom. The zero-order chi connectivity index (χ0) is 31.8. The van der Waals surface area contributed by atoms with Gasteiger partial charge in [0.25, 0.3) is 31.9 Å². The molecule has 12 heteroatoms. The van der Waals surface area contributed by atoms with Gasteiger partial charge in [-0.25, -0.2) is 16.8 Å². The summed E-state index contributed by atoms with van der Waals surface area (Å²) in [5, 5.41) is 7.58. The van der Waals surface area contributed by atoms with Crippen molar-refractivity contribution in [3.63, 3.8) is 0 Å². The van der Waals surface area contributed by atoms with Crippen molar-refractivity contribution >= 4 is 76.2 Å². The molecule has 2 amide bonds. The second-order valence-electron chi connectivity index (χ2n) is 11.0. The van der Waals surface area contributed by atoms with Crippen LogP contribution in [0.15, 0.2) is 119 Å². The molecule has 2 aliphatic heterocycles. The number of benzene rings is 6. The Balaban J connectivity index is 1.01. The summed E-state index contributed by atoms with van der Waals surface area (Å²) in [7, 11) is -7.96. The smallest absolute Gasteiger partial charge is 0.262 e. The first-order valence-electron chi connectivity index (χ1n) is 14.1. The number of hydrogen-bond acceptors (Lipinski definition) is 6. The quantitative estimate of drug-likeness (QED) is 0.158. The van der Waals surface area contributed by atoms with Crippen LogP contribution >= 0.6 is 0 Å². The first-order valence-corrected chi connectivity index (χ1v) is 17.1. The van der Waals surface area contributed by atoms with Crippen molar-refractivity contribution in [1.29, 1.82) is 0 Å². The van der Waals surface area contributed by atoms with Crippen molar-refractivity contribution in [2.45, 2.75) is 9.79 Å². The molecule has 0 unspecified atom stereocenters. The summed E-state index contributed by atoms with van der Waals surface area (Å²) in [6.45, 7) is 0. The predicted octanol–water partition coefficient (Wildman–Crippen LogP) is 6.39. The third-order valence-electron chi connectivity index (χ3n) is 8.17. The molecule has 8 rings (SSSR count). The molecular formula is C34H22N4O6S2. The Kier molecular flexibility index (Phi) is 5.98. The van der Waals surface area contributed by atoms with Crippen molar-refractivity contribution in [2.24, 2.45) is 0 Å². The summed E-state index contributed by atoms with van der Waals surface area (Å²) in [6.07, 6.45) is 0. The van der Waals surface area contributed by atoms with E-state index in [4.69, 9.17) is 0 Å². The van der Waals surface area contributed by atoms with Crippen molar-refractivity contribution in [3.05, 3.63) is 120 Å². The zero-order valence-electron chi connectivity index (χ0n) is 23.7. The summed E-state index contributed by atoms with van der Waals surface area (Å²) in [5.41, 5.74) is 4.31. The van der Waals surface area contributed by atoms with Gasteiger partial charge in [0.1, 0.15) is 0 Å². The Labute approximate surface area is 263 Å². The van der Waals surface area contributed by atoms with Crippen LogP contribution in [0.1, 0.15) is 20.7 Å². The molecule has 0 saturated carbocycles. The van der Waals surface area contributed by atoms with E-state index in [0.717, 1.165) is 11.1 Å². The lowest BCUT2D eigenvalue weighted by molar-refractivity contribution is 0.102. The molecule has 6 aromatic carbocycles. The number of anilines is 4. The summed E-state index contributed by atoms with van der Waals surface area (Å²) in [5.74, 6) is -0.532. The number of carbonyl (C=O) groups is 2. The highest BCUT2D eigenvalue weighted by Gasteiger charge is 2.28. The van der Waals surface area contributed by atoms with Crippen molar-refractivity contribution in [2.75, 3.05) is 20.1 Å². The lowest BCUT2D eigenvalue weighted by Crippen LogP contribution is -2.13. The second kappa shape index (κ2) is 9.89. The zero-order valence-corrected chi connectivity index (χ0v) is 25.3. The molecule has 4 N–H and O–H groups in total. The normalized spacial score (nSPS) is 13.6. The summed E-state index contributed by atoms with van der Waals surface area (Å²) in [4.78, 5) is 24.6. The van der Waals surface area contributed by atoms with Gasteiger partial charge in [-0.3, -0.25) is 19.0 Å². The number of hydrogen-bond donors (Lipinski definition) is 4. The van der Waals surface area contributed by atoms with Crippen LogP contribution in [0.5, 0.6) is 0 Å². The Bertz CT molecular complexity index is 2350. The highest BCUT2D eigenvalue weighted by Crippen LogP contribution is 2.38. The first-order chi connectivity index (χ1) is 22.1. The molecule has 0 radical (unpaired) electrons. The van der Waals surface area contributed by atoms with Crippen LogP contribution < -0.4 is 20.1 Å². The maximum absolute atomic E-state index is 13.4. The van der Waals surface area contributed by atoms with E-state index in [1.807, 2.05) is 0 Å². The van der Waals surface area contributed by atoms with E-state index in [0.29, 0.717) is 55.4 Å². The van der Waals surface area contributed by atoms with Crippen LogP contribution in [-0.2, 0) is 20.0 Å². The summed E-state index contributed by atoms with van der Waals surface area (Å²) < 4.78 is 58.8. The average Bonchev–Trinajstić information content (AvgIpc) is 3.55. The second-order valence-corrected chi connectivity index (χ2v) is 14.3. The molecule has 46 heavy (non-hydrogen) atoms. The van der Waals surface area contributed by atoms with Crippen molar-refractivity contribution in [3.8, 4) is 11.1 Å². The number of amides is 2. The predicted molar refractivity (Wildman–Crippen MR) is 177 cm³/mol. The van der Waals surface area contributed by atoms with Gasteiger partial charge >= 0.3 is 0 Å². The minimum Gasteiger partial charge on any atom is -0.321 e. The number of nitrogens with one attached hydrogen (secondary N) is 4. The Morgan fingerprint density at radius 1 is 0.457 bits per heavy atom. The topological polar surface area (TPSA) is 151 Å². The van der Waals surface area contributed by atoms with Crippen LogP contribution in [-0.4, -0.2) is 28.6 Å². The number of rotatable bonds is 7. The van der Waals surface area contributed by atoms with Gasteiger partial charge < -0.3 is 10.6 Å². The molecular weight excluding hydrogens is 625 g/mol. The molecule has 2 heterocycles. The largest absolute Gasteiger partial charge is 0.321 e. The Hall–Kier alpha value is -5.72. The monoisotopic (exact) mass is 646 g/mol. The SMILES string of the molecule is O=C1Nc2ccc(S(=O)(=O)Nc3ccc(-c4ccc(NS(=O)(=O)c5ccc6c7c(cccc57)C(=O)N6)cc4)cc3)c3cccc1c23. The molecule has 0 atom stereocenters. The molecule has 0 saturated heterocycles. The van der Waals surface area contributed by atoms with Crippen LogP contribution in [0.3, 0.4) is 0 Å². The highest BCUT2D eigenvalue weighted by molar-refractivity contribution is 7.93. The van der Waals surface area contributed by atoms with Gasteiger partial charge in [-0.05, 0) is 71.8 Å². The molecule has 226 valence electrons. The van der Waals surface area contributed by atoms with E-state index in [2.05, 4.69) is 20.1 Å². The van der Waals surface area contributed by atoms with Crippen LogP contribution in [0, 0.1) is 0 Å². The summed E-state index contributed by atoms with van der Waals surface area (Å²) in [6, 6.07) is 29.7. The molecule has 2 aliphatic rings. The molecule has 0 spiro atoms. The van der Waals surface area contributed by atoms with E-state index in [-0.39, 0.29) is 21.6 Å². The molecule has 6 aromatic rings. The van der Waals surface area contributed by atoms with E-state index < -0.39 is 20.0 Å². The fraction of sp³-hybridized carbons (Fsp3) is 0. The lowest BCUT2D eigenvalue weighted by Gasteiger charge is -2.13. The maximum atomic E-state index is 13.4. The van der Waals surface area contributed by atoms with Gasteiger partial charge in [-0.2, -0.15) is 0 Å². The molecule has 0 aliphatic carbocycles. The summed E-state index contributed by atoms with van der Waals surface area (Å²) >= 11 is 0. The van der Waals surface area contributed by atoms with Crippen molar-refractivity contribution in [1.82, 2.24) is 0 Å². The van der Waals surface area contributed by atoms with E-state index >= 15 is 0 Å². The van der Waals surface area contributed by atoms with Gasteiger partial charge in [0.2, 0.25) is 0 Å². The molecule has 10 nitrogen and oxygen atoms in total. The first kappa shape index (κ1) is 27.8. The number of carbonyl (C=O) groups excluding carboxylic acids is 2. The Morgan fingerprint density at radius 2 is 0.848 bits per heavy atom. The minimum atomic E-state index is -3.98. The minimum absolute atomic E-state index is 0.0639. The highest BCUT2D eigenvalue weighted by atomic mass is 32.2. The van der Waals surface area contributed by atoms with E-state index in [1.54, 1.807) is 97.1 Å². The standard InChI is InChI=1S/C34H22N4O6S2/c39-33-25-5-1-3-23-29(17-15-27(35-33)31(23)25)45(41,42)37-21-11-7-19(8-12-21)20-9-13-22(14-10-20)38-46(43,44)30-18-16-28-32-24(30)4-2-6-26(32)34(40)36-28/h1-18,37-38H,(H,35,39)(H,36,40). The van der Waals surface area contributed by atoms with Gasteiger partial charge in [0.05, 0.1) is 9.79 Å². The molecule has 0 aromatic heterocycles.